The summed E-state index contributed by atoms with van der Waals surface area (Å²) in [5.74, 6) is 0. The van der Waals surface area contributed by atoms with E-state index in [2.05, 4.69) is 73.8 Å². The molecule has 0 aliphatic rings. The number of hydrogen-bond donors (Lipinski definition) is 4. The molecule has 1 unspecified atom stereocenters. The molecule has 4 N–H and O–H groups in total. The van der Waals surface area contributed by atoms with Crippen LogP contribution in [0.2, 0.25) is 0 Å². The van der Waals surface area contributed by atoms with Crippen LogP contribution in [-0.2, 0) is 4.57 Å². The number of nitrogens with one attached hydrogen (secondary N) is 1. The molecule has 0 fully saturated rings. The number of hydrogen-bond acceptors (Lipinski definition) is 3. The molecule has 0 aliphatic heterocycles. The number of thioether (sulfide) groups is 1. The average molecular weight is 383 g/mol. The SMILES string of the molecule is CCNCCC(Sc1ccccc1C)c1ccccc1.O=P(O)(O)O. The van der Waals surface area contributed by atoms with Crippen molar-refractivity contribution in [3.63, 3.8) is 0 Å². The minimum Gasteiger partial charge on any atom is -0.317 e. The Kier molecular flexibility index (Phi) is 10.0. The largest absolute Gasteiger partial charge is 0.466 e. The van der Waals surface area contributed by atoms with Gasteiger partial charge in [0.05, 0.1) is 0 Å². The third-order valence-electron chi connectivity index (χ3n) is 3.37. The lowest BCUT2D eigenvalue weighted by Crippen LogP contribution is -2.16. The van der Waals surface area contributed by atoms with Gasteiger partial charge < -0.3 is 20.0 Å². The fourth-order valence-electron chi connectivity index (χ4n) is 2.21. The molecule has 25 heavy (non-hydrogen) atoms. The Bertz CT molecular complexity index is 655. The average Bonchev–Trinajstić information content (AvgIpc) is 2.55. The predicted octanol–water partition coefficient (Wildman–Crippen LogP) is 3.90. The van der Waals surface area contributed by atoms with Crippen LogP contribution in [0.5, 0.6) is 0 Å². The molecule has 0 saturated heterocycles. The van der Waals surface area contributed by atoms with E-state index in [0.717, 1.165) is 19.5 Å². The molecule has 0 saturated carbocycles. The quantitative estimate of drug-likeness (QED) is 0.329. The van der Waals surface area contributed by atoms with E-state index in [0.29, 0.717) is 5.25 Å². The van der Waals surface area contributed by atoms with Gasteiger partial charge in [-0.15, -0.1) is 11.8 Å². The van der Waals surface area contributed by atoms with Crippen molar-refractivity contribution in [2.24, 2.45) is 0 Å². The van der Waals surface area contributed by atoms with Crippen LogP contribution in [0.15, 0.2) is 59.5 Å². The van der Waals surface area contributed by atoms with Gasteiger partial charge in [-0.05, 0) is 43.6 Å². The van der Waals surface area contributed by atoms with Gasteiger partial charge in [0.15, 0.2) is 0 Å². The van der Waals surface area contributed by atoms with Crippen LogP contribution in [0.4, 0.5) is 0 Å². The number of benzene rings is 2. The van der Waals surface area contributed by atoms with Crippen LogP contribution in [0.1, 0.15) is 29.7 Å². The van der Waals surface area contributed by atoms with E-state index in [9.17, 15) is 0 Å². The molecule has 0 aromatic heterocycles. The second-order valence-corrected chi connectivity index (χ2v) is 7.71. The lowest BCUT2D eigenvalue weighted by Gasteiger charge is -2.18. The van der Waals surface area contributed by atoms with Crippen molar-refractivity contribution >= 4 is 19.6 Å². The van der Waals surface area contributed by atoms with Crippen LogP contribution in [0.25, 0.3) is 0 Å². The molecule has 138 valence electrons. The number of phosphoric acid groups is 1. The lowest BCUT2D eigenvalue weighted by molar-refractivity contribution is 0.275. The Hall–Kier alpha value is -1.14. The lowest BCUT2D eigenvalue weighted by atomic mass is 10.1. The van der Waals surface area contributed by atoms with Gasteiger partial charge in [-0.2, -0.15) is 0 Å². The fraction of sp³-hybridized carbons (Fsp3) is 0.333. The van der Waals surface area contributed by atoms with E-state index >= 15 is 0 Å². The van der Waals surface area contributed by atoms with Crippen LogP contribution in [-0.4, -0.2) is 27.8 Å². The molecule has 2 aromatic rings. The first-order chi connectivity index (χ1) is 11.8. The Labute approximate surface area is 153 Å². The summed E-state index contributed by atoms with van der Waals surface area (Å²) >= 11 is 1.98. The maximum Gasteiger partial charge on any atom is 0.466 e. The van der Waals surface area contributed by atoms with Crippen LogP contribution < -0.4 is 5.32 Å². The van der Waals surface area contributed by atoms with Crippen LogP contribution in [0, 0.1) is 6.92 Å². The summed E-state index contributed by atoms with van der Waals surface area (Å²) in [6, 6.07) is 19.5. The zero-order valence-corrected chi connectivity index (χ0v) is 16.2. The monoisotopic (exact) mass is 383 g/mol. The van der Waals surface area contributed by atoms with Gasteiger partial charge in [-0.25, -0.2) is 4.57 Å². The Morgan fingerprint density at radius 3 is 2.16 bits per heavy atom. The minimum absolute atomic E-state index is 0.511. The molecule has 1 atom stereocenters. The third kappa shape index (κ3) is 10.4. The van der Waals surface area contributed by atoms with Crippen LogP contribution in [0.3, 0.4) is 0 Å². The molecular weight excluding hydrogens is 357 g/mol. The van der Waals surface area contributed by atoms with Crippen molar-refractivity contribution in [1.29, 1.82) is 0 Å². The Morgan fingerprint density at radius 1 is 1.04 bits per heavy atom. The molecule has 0 heterocycles. The predicted molar refractivity (Wildman–Crippen MR) is 104 cm³/mol. The highest BCUT2D eigenvalue weighted by Crippen LogP contribution is 2.38. The highest BCUT2D eigenvalue weighted by Gasteiger charge is 2.13. The van der Waals surface area contributed by atoms with E-state index in [1.807, 2.05) is 11.8 Å². The summed E-state index contributed by atoms with van der Waals surface area (Å²) in [5.41, 5.74) is 2.78. The first kappa shape index (κ1) is 21.9. The number of rotatable bonds is 7. The molecule has 0 spiro atoms. The molecule has 0 radical (unpaired) electrons. The summed E-state index contributed by atoms with van der Waals surface area (Å²) in [7, 11) is -4.64. The molecular formula is C18H26NO4PS. The van der Waals surface area contributed by atoms with E-state index < -0.39 is 7.82 Å². The minimum atomic E-state index is -4.64. The summed E-state index contributed by atoms with van der Waals surface area (Å²) in [4.78, 5) is 22.9. The van der Waals surface area contributed by atoms with E-state index in [1.54, 1.807) is 0 Å². The van der Waals surface area contributed by atoms with Gasteiger partial charge in [0, 0.05) is 10.1 Å². The van der Waals surface area contributed by atoms with Crippen molar-refractivity contribution in [1.82, 2.24) is 5.32 Å². The van der Waals surface area contributed by atoms with E-state index in [-0.39, 0.29) is 0 Å². The molecule has 0 aliphatic carbocycles. The van der Waals surface area contributed by atoms with Crippen molar-refractivity contribution in [2.75, 3.05) is 13.1 Å². The molecule has 0 amide bonds. The van der Waals surface area contributed by atoms with E-state index in [4.69, 9.17) is 19.2 Å². The smallest absolute Gasteiger partial charge is 0.317 e. The second-order valence-electron chi connectivity index (χ2n) is 5.44. The Morgan fingerprint density at radius 2 is 1.60 bits per heavy atom. The third-order valence-corrected chi connectivity index (χ3v) is 4.87. The van der Waals surface area contributed by atoms with Crippen molar-refractivity contribution in [2.45, 2.75) is 30.4 Å². The molecule has 5 nitrogen and oxygen atoms in total. The first-order valence-electron chi connectivity index (χ1n) is 8.07. The molecule has 2 rings (SSSR count). The maximum atomic E-state index is 8.88. The highest BCUT2D eigenvalue weighted by molar-refractivity contribution is 7.99. The van der Waals surface area contributed by atoms with Crippen molar-refractivity contribution in [3.8, 4) is 0 Å². The Balaban J connectivity index is 0.000000550. The van der Waals surface area contributed by atoms with Gasteiger partial charge >= 0.3 is 7.82 Å². The molecule has 0 bridgehead atoms. The normalized spacial score (nSPS) is 12.2. The summed E-state index contributed by atoms with van der Waals surface area (Å²) in [5, 5.41) is 3.95. The topological polar surface area (TPSA) is 89.8 Å². The zero-order valence-electron chi connectivity index (χ0n) is 14.5. The molecule has 7 heteroatoms. The van der Waals surface area contributed by atoms with Gasteiger partial charge in [0.1, 0.15) is 0 Å². The maximum absolute atomic E-state index is 8.88. The van der Waals surface area contributed by atoms with Gasteiger partial charge in [0.2, 0.25) is 0 Å². The number of aryl methyl sites for hydroxylation is 1. The van der Waals surface area contributed by atoms with Gasteiger partial charge in [-0.3, -0.25) is 0 Å². The summed E-state index contributed by atoms with van der Waals surface area (Å²) in [6.07, 6.45) is 1.15. The first-order valence-corrected chi connectivity index (χ1v) is 10.5. The van der Waals surface area contributed by atoms with Gasteiger partial charge in [0.25, 0.3) is 0 Å². The second kappa shape index (κ2) is 11.5. The van der Waals surface area contributed by atoms with Crippen LogP contribution >= 0.6 is 19.6 Å². The standard InChI is InChI=1S/C18H23NS.H3O4P/c1-3-19-14-13-18(16-10-5-4-6-11-16)20-17-12-8-7-9-15(17)2;1-5(2,3)4/h4-12,18-19H,3,13-14H2,1-2H3;(H3,1,2,3,4). The van der Waals surface area contributed by atoms with Gasteiger partial charge in [-0.1, -0.05) is 55.5 Å². The molecule has 2 aromatic carbocycles. The highest BCUT2D eigenvalue weighted by atomic mass is 32.2. The summed E-state index contributed by atoms with van der Waals surface area (Å²) in [6.45, 7) is 6.45. The van der Waals surface area contributed by atoms with Crippen molar-refractivity contribution in [3.05, 3.63) is 65.7 Å². The van der Waals surface area contributed by atoms with E-state index in [1.165, 1.54) is 16.0 Å². The van der Waals surface area contributed by atoms with Crippen molar-refractivity contribution < 1.29 is 19.2 Å². The summed E-state index contributed by atoms with van der Waals surface area (Å²) < 4.78 is 8.88. The zero-order chi connectivity index (χ0) is 18.7. The fourth-order valence-corrected chi connectivity index (χ4v) is 3.46.